The van der Waals surface area contributed by atoms with Crippen LogP contribution in [-0.2, 0) is 4.79 Å². The van der Waals surface area contributed by atoms with E-state index in [2.05, 4.69) is 0 Å². The zero-order valence-corrected chi connectivity index (χ0v) is 8.59. The Labute approximate surface area is 96.6 Å². The third-order valence-electron chi connectivity index (χ3n) is 2.51. The Balaban J connectivity index is 3.22. The number of carbonyl (C=O) groups is 1. The molecule has 1 heterocycles. The summed E-state index contributed by atoms with van der Waals surface area (Å²) < 4.78 is 79.1. The number of alkyl halides is 5. The lowest BCUT2D eigenvalue weighted by Crippen LogP contribution is -2.65. The molecule has 18 heavy (non-hydrogen) atoms. The van der Waals surface area contributed by atoms with Gasteiger partial charge in [0.15, 0.2) is 0 Å². The van der Waals surface area contributed by atoms with Gasteiger partial charge in [-0.15, -0.1) is 0 Å². The van der Waals surface area contributed by atoms with Crippen LogP contribution in [0, 0.1) is 0 Å². The second-order valence-corrected chi connectivity index (χ2v) is 3.74. The van der Waals surface area contributed by atoms with Crippen LogP contribution in [0.25, 0.3) is 0 Å². The van der Waals surface area contributed by atoms with Gasteiger partial charge in [0.2, 0.25) is 0 Å². The van der Waals surface area contributed by atoms with E-state index in [1.54, 1.807) is 0 Å². The van der Waals surface area contributed by atoms with Crippen molar-refractivity contribution in [1.82, 2.24) is 5.12 Å². The van der Waals surface area contributed by atoms with Gasteiger partial charge in [-0.05, 0) is 0 Å². The Morgan fingerprint density at radius 3 is 2.28 bits per heavy atom. The predicted molar refractivity (Wildman–Crippen MR) is 46.0 cm³/mol. The number of halogens is 6. The number of nitrogens with two attached hydrogens (primary N) is 1. The van der Waals surface area contributed by atoms with Crippen LogP contribution in [0.3, 0.4) is 0 Å². The highest BCUT2D eigenvalue weighted by atomic mass is 19.3. The van der Waals surface area contributed by atoms with Crippen LogP contribution in [0.4, 0.5) is 26.4 Å². The van der Waals surface area contributed by atoms with Crippen LogP contribution in [-0.4, -0.2) is 39.9 Å². The number of hydrogen-bond acceptors (Lipinski definition) is 3. The standard InChI is InChI=1S/C8H8F6N2O2/c9-6(3-4(15)5(17)18)7(10,11)1-2-16(14)8(6,12)13/h1-2,4H,3,15H2,(H,17,18). The Hall–Kier alpha value is -1.45. The second-order valence-electron chi connectivity index (χ2n) is 3.74. The molecular formula is C8H8F6N2O2. The topological polar surface area (TPSA) is 66.6 Å². The number of aliphatic carboxylic acids is 1. The molecule has 4 nitrogen and oxygen atoms in total. The van der Waals surface area contributed by atoms with Crippen molar-refractivity contribution in [3.05, 3.63) is 12.3 Å². The van der Waals surface area contributed by atoms with E-state index in [0.29, 0.717) is 0 Å². The maximum atomic E-state index is 13.8. The molecule has 0 radical (unpaired) electrons. The van der Waals surface area contributed by atoms with Crippen molar-refractivity contribution in [2.45, 2.75) is 30.1 Å². The highest BCUT2D eigenvalue weighted by molar-refractivity contribution is 5.73. The van der Waals surface area contributed by atoms with Gasteiger partial charge in [-0.3, -0.25) is 4.79 Å². The molecule has 2 unspecified atom stereocenters. The first-order valence-corrected chi connectivity index (χ1v) is 4.53. The zero-order valence-electron chi connectivity index (χ0n) is 8.59. The van der Waals surface area contributed by atoms with E-state index in [4.69, 9.17) is 10.8 Å². The first-order chi connectivity index (χ1) is 7.96. The summed E-state index contributed by atoms with van der Waals surface area (Å²) in [5.74, 6) is -6.72. The molecule has 0 aromatic heterocycles. The minimum Gasteiger partial charge on any atom is -0.480 e. The van der Waals surface area contributed by atoms with Crippen molar-refractivity contribution in [3.63, 3.8) is 0 Å². The van der Waals surface area contributed by atoms with Crippen LogP contribution in [0.15, 0.2) is 12.3 Å². The predicted octanol–water partition coefficient (Wildman–Crippen LogP) is 1.44. The largest absolute Gasteiger partial charge is 0.480 e. The van der Waals surface area contributed by atoms with Gasteiger partial charge in [0.05, 0.1) is 0 Å². The van der Waals surface area contributed by atoms with Gasteiger partial charge >= 0.3 is 17.9 Å². The average Bonchev–Trinajstić information content (AvgIpc) is 2.23. The molecule has 0 aliphatic carbocycles. The minimum absolute atomic E-state index is 0.329. The third-order valence-corrected chi connectivity index (χ3v) is 2.51. The first kappa shape index (κ1) is 14.6. The van der Waals surface area contributed by atoms with E-state index in [0.717, 1.165) is 0 Å². The molecule has 0 aromatic rings. The molecule has 3 N–H and O–H groups in total. The number of allylic oxidation sites excluding steroid dienone is 1. The van der Waals surface area contributed by atoms with Crippen LogP contribution in [0.2, 0.25) is 0 Å². The summed E-state index contributed by atoms with van der Waals surface area (Å²) in [4.78, 5) is 10.3. The molecule has 1 rings (SSSR count). The summed E-state index contributed by atoms with van der Waals surface area (Å²) >= 11 is 0. The highest BCUT2D eigenvalue weighted by Gasteiger charge is 2.74. The van der Waals surface area contributed by atoms with E-state index in [1.165, 1.54) is 0 Å². The van der Waals surface area contributed by atoms with Crippen molar-refractivity contribution in [1.29, 1.82) is 0 Å². The number of carboxylic acid groups (broad SMARTS) is 1. The monoisotopic (exact) mass is 278 g/mol. The van der Waals surface area contributed by atoms with Crippen LogP contribution >= 0.6 is 0 Å². The molecule has 0 bridgehead atoms. The van der Waals surface area contributed by atoms with E-state index < -0.39 is 47.3 Å². The quantitative estimate of drug-likeness (QED) is 0.465. The fourth-order valence-corrected chi connectivity index (χ4v) is 1.40. The van der Waals surface area contributed by atoms with Crippen molar-refractivity contribution >= 4 is 5.97 Å². The van der Waals surface area contributed by atoms with Crippen molar-refractivity contribution in [2.24, 2.45) is 5.73 Å². The second kappa shape index (κ2) is 4.04. The van der Waals surface area contributed by atoms with Crippen molar-refractivity contribution < 1.29 is 36.3 Å². The van der Waals surface area contributed by atoms with Gasteiger partial charge in [0, 0.05) is 18.7 Å². The normalized spacial score (nSPS) is 31.2. The lowest BCUT2D eigenvalue weighted by atomic mass is 9.85. The molecule has 10 heteroatoms. The molecule has 0 spiro atoms. The average molecular weight is 278 g/mol. The Kier molecular flexibility index (Phi) is 3.28. The summed E-state index contributed by atoms with van der Waals surface area (Å²) in [6.45, 7) is 0. The third kappa shape index (κ3) is 1.89. The smallest absolute Gasteiger partial charge is 0.390 e. The lowest BCUT2D eigenvalue weighted by Gasteiger charge is -2.42. The molecule has 0 fully saturated rings. The molecule has 0 aromatic carbocycles. The molecule has 0 saturated heterocycles. The highest BCUT2D eigenvalue weighted by Crippen LogP contribution is 2.52. The Morgan fingerprint density at radius 1 is 1.33 bits per heavy atom. The fraction of sp³-hybridized carbons (Fsp3) is 0.625. The summed E-state index contributed by atoms with van der Waals surface area (Å²) in [5.41, 5.74) is -0.0137. The van der Waals surface area contributed by atoms with Gasteiger partial charge in [-0.2, -0.15) is 22.7 Å². The van der Waals surface area contributed by atoms with Crippen molar-refractivity contribution in [2.75, 3.05) is 0 Å². The summed E-state index contributed by atoms with van der Waals surface area (Å²) in [7, 11) is 0. The fourth-order valence-electron chi connectivity index (χ4n) is 1.40. The first-order valence-electron chi connectivity index (χ1n) is 4.53. The van der Waals surface area contributed by atoms with Gasteiger partial charge in [-0.1, -0.05) is 4.48 Å². The van der Waals surface area contributed by atoms with Crippen LogP contribution in [0.1, 0.15) is 6.42 Å². The summed E-state index contributed by atoms with van der Waals surface area (Å²) in [5, 5.41) is 6.78. The number of hydrogen-bond donors (Lipinski definition) is 2. The van der Waals surface area contributed by atoms with E-state index in [1.807, 2.05) is 0 Å². The van der Waals surface area contributed by atoms with E-state index in [9.17, 15) is 31.2 Å². The molecule has 0 saturated carbocycles. The van der Waals surface area contributed by atoms with Crippen LogP contribution < -0.4 is 5.73 Å². The molecule has 2 atom stereocenters. The van der Waals surface area contributed by atoms with Gasteiger partial charge in [0.25, 0.3) is 5.67 Å². The maximum absolute atomic E-state index is 13.8. The van der Waals surface area contributed by atoms with Crippen LogP contribution in [0.5, 0.6) is 0 Å². The molecule has 1 aliphatic rings. The van der Waals surface area contributed by atoms with Crippen molar-refractivity contribution in [3.8, 4) is 0 Å². The van der Waals surface area contributed by atoms with E-state index >= 15 is 0 Å². The number of rotatable bonds is 3. The summed E-state index contributed by atoms with van der Waals surface area (Å²) in [6, 6.07) is -7.56. The van der Waals surface area contributed by atoms with Gasteiger partial charge in [0.1, 0.15) is 6.04 Å². The minimum atomic E-state index is -5.24. The van der Waals surface area contributed by atoms with E-state index in [-0.39, 0.29) is 6.20 Å². The Morgan fingerprint density at radius 2 is 1.83 bits per heavy atom. The SMILES string of the molecule is NC(CC1(F)C(F)(F)C=CN(F)C1(F)F)C(=O)O. The molecule has 104 valence electrons. The molecule has 1 aliphatic heterocycles. The number of carboxylic acids is 1. The van der Waals surface area contributed by atoms with Gasteiger partial charge < -0.3 is 10.8 Å². The number of nitrogens with zero attached hydrogens (tertiary/aromatic N) is 1. The molecule has 0 amide bonds. The lowest BCUT2D eigenvalue weighted by molar-refractivity contribution is -0.332. The maximum Gasteiger partial charge on any atom is 0.390 e. The van der Waals surface area contributed by atoms with Gasteiger partial charge in [-0.25, -0.2) is 4.39 Å². The Bertz CT molecular complexity index is 388. The summed E-state index contributed by atoms with van der Waals surface area (Å²) in [6.07, 6.45) is -2.70. The molecular weight excluding hydrogens is 270 g/mol. The zero-order chi connectivity index (χ0) is 14.4.